The molecule has 3 aromatic carbocycles. The topological polar surface area (TPSA) is 58.9 Å². The van der Waals surface area contributed by atoms with Crippen molar-refractivity contribution < 1.29 is 19.7 Å². The zero-order chi connectivity index (χ0) is 29.6. The predicted molar refractivity (Wildman–Crippen MR) is 166 cm³/mol. The lowest BCUT2D eigenvalue weighted by molar-refractivity contribution is 0.198. The molecule has 0 fully saturated rings. The Kier molecular flexibility index (Phi) is 10.9. The number of ether oxygens (including phenoxy) is 2. The fourth-order valence-corrected chi connectivity index (χ4v) is 5.54. The summed E-state index contributed by atoms with van der Waals surface area (Å²) in [5.41, 5.74) is 7.84. The summed E-state index contributed by atoms with van der Waals surface area (Å²) in [6.45, 7) is 20.5. The lowest BCUT2D eigenvalue weighted by atomic mass is 9.68. The zero-order valence-corrected chi connectivity index (χ0v) is 26.0. The van der Waals surface area contributed by atoms with Crippen molar-refractivity contribution in [2.75, 3.05) is 26.4 Å². The summed E-state index contributed by atoms with van der Waals surface area (Å²) in [6, 6.07) is 20.0. The van der Waals surface area contributed by atoms with Crippen LogP contribution in [0, 0.1) is 0 Å². The summed E-state index contributed by atoms with van der Waals surface area (Å²) < 4.78 is 12.4. The van der Waals surface area contributed by atoms with Crippen LogP contribution in [0.1, 0.15) is 125 Å². The maximum Gasteiger partial charge on any atom is 0.126 e. The second kappa shape index (κ2) is 13.7. The molecule has 0 heterocycles. The van der Waals surface area contributed by atoms with Crippen LogP contribution in [-0.4, -0.2) is 36.6 Å². The second-order valence-corrected chi connectivity index (χ2v) is 12.2. The van der Waals surface area contributed by atoms with Crippen molar-refractivity contribution in [2.45, 2.75) is 91.4 Å². The summed E-state index contributed by atoms with van der Waals surface area (Å²) in [4.78, 5) is 0. The Labute approximate surface area is 242 Å². The Bertz CT molecular complexity index is 1110. The fraction of sp³-hybridized carbons (Fsp3) is 0.500. The van der Waals surface area contributed by atoms with Gasteiger partial charge in [-0.1, -0.05) is 110 Å². The highest BCUT2D eigenvalue weighted by atomic mass is 16.5. The number of benzene rings is 3. The molecule has 0 radical (unpaired) electrons. The Hall–Kier alpha value is -2.82. The first kappa shape index (κ1) is 31.7. The molecule has 4 nitrogen and oxygen atoms in total. The van der Waals surface area contributed by atoms with Gasteiger partial charge < -0.3 is 19.7 Å². The number of aliphatic hydroxyl groups is 2. The van der Waals surface area contributed by atoms with Crippen molar-refractivity contribution in [3.63, 3.8) is 0 Å². The van der Waals surface area contributed by atoms with E-state index in [-0.39, 0.29) is 50.1 Å². The van der Waals surface area contributed by atoms with E-state index in [0.29, 0.717) is 0 Å². The largest absolute Gasteiger partial charge is 0.491 e. The van der Waals surface area contributed by atoms with Crippen molar-refractivity contribution in [1.29, 1.82) is 0 Å². The third-order valence-electron chi connectivity index (χ3n) is 7.96. The van der Waals surface area contributed by atoms with E-state index in [1.165, 1.54) is 16.7 Å². The van der Waals surface area contributed by atoms with E-state index in [1.807, 2.05) is 0 Å². The van der Waals surface area contributed by atoms with Gasteiger partial charge in [0.15, 0.2) is 0 Å². The summed E-state index contributed by atoms with van der Waals surface area (Å²) >= 11 is 0. The van der Waals surface area contributed by atoms with E-state index in [0.717, 1.165) is 33.8 Å². The Balaban J connectivity index is 2.45. The molecule has 0 unspecified atom stereocenters. The Morgan fingerprint density at radius 1 is 0.550 bits per heavy atom. The molecule has 0 bridgehead atoms. The van der Waals surface area contributed by atoms with Gasteiger partial charge in [0.05, 0.1) is 13.2 Å². The smallest absolute Gasteiger partial charge is 0.126 e. The molecule has 0 amide bonds. The number of rotatable bonds is 13. The first-order valence-corrected chi connectivity index (χ1v) is 14.9. The predicted octanol–water partition coefficient (Wildman–Crippen LogP) is 8.28. The molecule has 0 aliphatic heterocycles. The Morgan fingerprint density at radius 2 is 0.875 bits per heavy atom. The van der Waals surface area contributed by atoms with Gasteiger partial charge in [0.2, 0.25) is 0 Å². The molecule has 4 heteroatoms. The number of aliphatic hydroxyl groups excluding tert-OH is 2. The molecule has 2 N–H and O–H groups in total. The summed E-state index contributed by atoms with van der Waals surface area (Å²) in [5, 5.41) is 19.1. The van der Waals surface area contributed by atoms with E-state index >= 15 is 0 Å². The molecule has 0 saturated carbocycles. The normalized spacial score (nSPS) is 12.2. The van der Waals surface area contributed by atoms with Crippen LogP contribution in [-0.2, 0) is 5.41 Å². The van der Waals surface area contributed by atoms with Gasteiger partial charge in [-0.25, -0.2) is 0 Å². The molecule has 3 rings (SSSR count). The SMILES string of the molecule is CC(C)c1cc(C(C)(c2ccccc2)c2cc(C(C)C)c(OCCO)c(C(C)C)c2)cc(C(C)C)c1OCCO. The number of hydrogen-bond acceptors (Lipinski definition) is 4. The standard InChI is InChI=1S/C36H50O4/c1-23(2)30-19-28(20-31(24(3)4)34(30)39-17-15-37)36(9,27-13-11-10-12-14-27)29-21-32(25(5)6)35(40-18-16-38)33(22-29)26(7)8/h10-14,19-26,37-38H,15-18H2,1-9H3. The van der Waals surface area contributed by atoms with Gasteiger partial charge in [0, 0.05) is 5.41 Å². The highest BCUT2D eigenvalue weighted by Crippen LogP contribution is 2.47. The second-order valence-electron chi connectivity index (χ2n) is 12.2. The Morgan fingerprint density at radius 3 is 1.15 bits per heavy atom. The van der Waals surface area contributed by atoms with Crippen LogP contribution >= 0.6 is 0 Å². The summed E-state index contributed by atoms with van der Waals surface area (Å²) in [6.07, 6.45) is 0. The summed E-state index contributed by atoms with van der Waals surface area (Å²) in [5.74, 6) is 2.79. The lowest BCUT2D eigenvalue weighted by Gasteiger charge is -2.36. The maximum atomic E-state index is 9.54. The van der Waals surface area contributed by atoms with Crippen LogP contribution < -0.4 is 9.47 Å². The van der Waals surface area contributed by atoms with Crippen LogP contribution in [0.5, 0.6) is 11.5 Å². The first-order valence-electron chi connectivity index (χ1n) is 14.9. The minimum atomic E-state index is -0.452. The minimum Gasteiger partial charge on any atom is -0.491 e. The number of hydrogen-bond donors (Lipinski definition) is 2. The van der Waals surface area contributed by atoms with Gasteiger partial charge in [-0.05, 0) is 69.5 Å². The molecule has 0 aliphatic rings. The lowest BCUT2D eigenvalue weighted by Crippen LogP contribution is -2.27. The van der Waals surface area contributed by atoms with E-state index < -0.39 is 5.41 Å². The molecule has 0 aliphatic carbocycles. The molecule has 218 valence electrons. The highest BCUT2D eigenvalue weighted by molar-refractivity contribution is 5.59. The molecule has 3 aromatic rings. The van der Waals surface area contributed by atoms with Gasteiger partial charge in [0.1, 0.15) is 24.7 Å². The first-order chi connectivity index (χ1) is 19.0. The van der Waals surface area contributed by atoms with Gasteiger partial charge >= 0.3 is 0 Å². The quantitative estimate of drug-likeness (QED) is 0.212. The molecular weight excluding hydrogens is 496 g/mol. The van der Waals surface area contributed by atoms with Crippen LogP contribution in [0.4, 0.5) is 0 Å². The molecule has 40 heavy (non-hydrogen) atoms. The van der Waals surface area contributed by atoms with Crippen LogP contribution in [0.25, 0.3) is 0 Å². The third kappa shape index (κ3) is 6.56. The molecule has 0 atom stereocenters. The van der Waals surface area contributed by atoms with Crippen molar-refractivity contribution in [1.82, 2.24) is 0 Å². The van der Waals surface area contributed by atoms with Gasteiger partial charge in [-0.2, -0.15) is 0 Å². The van der Waals surface area contributed by atoms with Crippen molar-refractivity contribution in [3.8, 4) is 11.5 Å². The van der Waals surface area contributed by atoms with Crippen LogP contribution in [0.15, 0.2) is 54.6 Å². The average Bonchev–Trinajstić information content (AvgIpc) is 2.93. The maximum absolute atomic E-state index is 9.54. The highest BCUT2D eigenvalue weighted by Gasteiger charge is 2.35. The van der Waals surface area contributed by atoms with Gasteiger partial charge in [-0.15, -0.1) is 0 Å². The molecule has 0 spiro atoms. The fourth-order valence-electron chi connectivity index (χ4n) is 5.54. The summed E-state index contributed by atoms with van der Waals surface area (Å²) in [7, 11) is 0. The minimum absolute atomic E-state index is 0.0147. The monoisotopic (exact) mass is 546 g/mol. The molecule has 0 saturated heterocycles. The van der Waals surface area contributed by atoms with Crippen LogP contribution in [0.3, 0.4) is 0 Å². The average molecular weight is 547 g/mol. The van der Waals surface area contributed by atoms with E-state index in [1.54, 1.807) is 0 Å². The van der Waals surface area contributed by atoms with Gasteiger partial charge in [-0.3, -0.25) is 0 Å². The zero-order valence-electron chi connectivity index (χ0n) is 26.0. The third-order valence-corrected chi connectivity index (χ3v) is 7.96. The van der Waals surface area contributed by atoms with E-state index in [9.17, 15) is 10.2 Å². The molecule has 0 aromatic heterocycles. The molecular formula is C36H50O4. The van der Waals surface area contributed by atoms with Crippen molar-refractivity contribution >= 4 is 0 Å². The van der Waals surface area contributed by atoms with E-state index in [4.69, 9.17) is 9.47 Å². The van der Waals surface area contributed by atoms with Crippen molar-refractivity contribution in [3.05, 3.63) is 93.5 Å². The van der Waals surface area contributed by atoms with Gasteiger partial charge in [0.25, 0.3) is 0 Å². The van der Waals surface area contributed by atoms with E-state index in [2.05, 4.69) is 117 Å². The van der Waals surface area contributed by atoms with Crippen molar-refractivity contribution in [2.24, 2.45) is 0 Å². The van der Waals surface area contributed by atoms with Crippen LogP contribution in [0.2, 0.25) is 0 Å².